The zero-order chi connectivity index (χ0) is 11.9. The molecule has 0 spiro atoms. The predicted molar refractivity (Wildman–Crippen MR) is 74.9 cm³/mol. The number of aromatic nitrogens is 2. The van der Waals surface area contributed by atoms with Gasteiger partial charge in [0.25, 0.3) is 0 Å². The Kier molecular flexibility index (Phi) is 2.92. The number of halogens is 1. The lowest BCUT2D eigenvalue weighted by molar-refractivity contribution is 0.864. The zero-order valence-electron chi connectivity index (χ0n) is 9.58. The monoisotopic (exact) mass is 327 g/mol. The van der Waals surface area contributed by atoms with Crippen LogP contribution in [0.15, 0.2) is 18.2 Å². The first kappa shape index (κ1) is 11.4. The Bertz CT molecular complexity index is 543. The highest BCUT2D eigenvalue weighted by atomic mass is 127. The number of aryl methyl sites for hydroxylation is 3. The van der Waals surface area contributed by atoms with E-state index in [1.807, 2.05) is 11.6 Å². The maximum absolute atomic E-state index is 6.04. The van der Waals surface area contributed by atoms with Crippen molar-refractivity contribution in [2.45, 2.75) is 20.8 Å². The molecule has 0 aliphatic rings. The van der Waals surface area contributed by atoms with Gasteiger partial charge < -0.3 is 5.73 Å². The minimum atomic E-state index is 0.713. The van der Waals surface area contributed by atoms with E-state index in [1.54, 1.807) is 0 Å². The molecule has 1 heterocycles. The molecule has 0 saturated carbocycles. The molecule has 0 amide bonds. The summed E-state index contributed by atoms with van der Waals surface area (Å²) in [5.41, 5.74) is 10.5. The third-order valence-corrected chi connectivity index (χ3v) is 3.93. The Hall–Kier alpha value is -1.04. The van der Waals surface area contributed by atoms with Crippen LogP contribution in [0.5, 0.6) is 0 Å². The van der Waals surface area contributed by atoms with E-state index in [0.29, 0.717) is 5.82 Å². The lowest BCUT2D eigenvalue weighted by atomic mass is 10.1. The molecule has 2 aromatic rings. The Morgan fingerprint density at radius 2 is 1.94 bits per heavy atom. The predicted octanol–water partition coefficient (Wildman–Crippen LogP) is 2.98. The van der Waals surface area contributed by atoms with Crippen molar-refractivity contribution in [1.82, 2.24) is 9.78 Å². The van der Waals surface area contributed by atoms with E-state index in [2.05, 4.69) is 59.7 Å². The van der Waals surface area contributed by atoms with Crippen LogP contribution in [0.1, 0.15) is 16.8 Å². The van der Waals surface area contributed by atoms with Crippen LogP contribution >= 0.6 is 22.6 Å². The SMILES string of the molecule is Cc1ccc(-n2nc(C)c(I)c2N)c(C)c1. The average molecular weight is 327 g/mol. The summed E-state index contributed by atoms with van der Waals surface area (Å²) in [5.74, 6) is 0.713. The molecule has 1 aromatic carbocycles. The van der Waals surface area contributed by atoms with Gasteiger partial charge in [-0.15, -0.1) is 0 Å². The van der Waals surface area contributed by atoms with Gasteiger partial charge in [-0.25, -0.2) is 4.68 Å². The minimum Gasteiger partial charge on any atom is -0.383 e. The van der Waals surface area contributed by atoms with Crippen LogP contribution in [0, 0.1) is 24.3 Å². The summed E-state index contributed by atoms with van der Waals surface area (Å²) in [4.78, 5) is 0. The number of anilines is 1. The third kappa shape index (κ3) is 1.81. The quantitative estimate of drug-likeness (QED) is 0.819. The first-order valence-electron chi connectivity index (χ1n) is 5.09. The molecule has 2 rings (SSSR count). The molecule has 3 nitrogen and oxygen atoms in total. The molecule has 4 heteroatoms. The standard InChI is InChI=1S/C12H14IN3/c1-7-4-5-10(8(2)6-7)16-12(14)11(13)9(3)15-16/h4-6H,14H2,1-3H3. The normalized spacial score (nSPS) is 10.8. The van der Waals surface area contributed by atoms with Crippen LogP contribution in [0.3, 0.4) is 0 Å². The Labute approximate surface area is 109 Å². The van der Waals surface area contributed by atoms with Crippen molar-refractivity contribution < 1.29 is 0 Å². The van der Waals surface area contributed by atoms with E-state index in [0.717, 1.165) is 15.0 Å². The van der Waals surface area contributed by atoms with Crippen molar-refractivity contribution in [3.63, 3.8) is 0 Å². The number of rotatable bonds is 1. The Morgan fingerprint density at radius 3 is 2.44 bits per heavy atom. The van der Waals surface area contributed by atoms with Crippen molar-refractivity contribution in [3.05, 3.63) is 38.6 Å². The number of hydrogen-bond acceptors (Lipinski definition) is 2. The molecule has 0 unspecified atom stereocenters. The first-order chi connectivity index (χ1) is 7.50. The van der Waals surface area contributed by atoms with E-state index < -0.39 is 0 Å². The fourth-order valence-corrected chi connectivity index (χ4v) is 2.09. The largest absolute Gasteiger partial charge is 0.383 e. The fourth-order valence-electron chi connectivity index (χ4n) is 1.75. The number of nitrogen functional groups attached to an aromatic ring is 1. The number of nitrogens with zero attached hydrogens (tertiary/aromatic N) is 2. The summed E-state index contributed by atoms with van der Waals surface area (Å²) in [7, 11) is 0. The molecule has 16 heavy (non-hydrogen) atoms. The highest BCUT2D eigenvalue weighted by Crippen LogP contribution is 2.24. The van der Waals surface area contributed by atoms with Gasteiger partial charge in [0.15, 0.2) is 0 Å². The van der Waals surface area contributed by atoms with E-state index in [4.69, 9.17) is 5.73 Å². The molecule has 0 saturated heterocycles. The van der Waals surface area contributed by atoms with E-state index >= 15 is 0 Å². The highest BCUT2D eigenvalue weighted by molar-refractivity contribution is 14.1. The first-order valence-corrected chi connectivity index (χ1v) is 6.17. The van der Waals surface area contributed by atoms with Crippen LogP contribution in [-0.2, 0) is 0 Å². The smallest absolute Gasteiger partial charge is 0.141 e. The highest BCUT2D eigenvalue weighted by Gasteiger charge is 2.12. The summed E-state index contributed by atoms with van der Waals surface area (Å²) in [6, 6.07) is 6.27. The number of benzene rings is 1. The molecule has 0 atom stereocenters. The van der Waals surface area contributed by atoms with Crippen LogP contribution in [0.2, 0.25) is 0 Å². The second-order valence-electron chi connectivity index (χ2n) is 3.99. The summed E-state index contributed by atoms with van der Waals surface area (Å²) < 4.78 is 2.84. The van der Waals surface area contributed by atoms with Crippen molar-refractivity contribution in [3.8, 4) is 5.69 Å². The van der Waals surface area contributed by atoms with Gasteiger partial charge in [-0.3, -0.25) is 0 Å². The van der Waals surface area contributed by atoms with Gasteiger partial charge in [-0.2, -0.15) is 5.10 Å². The lowest BCUT2D eigenvalue weighted by Gasteiger charge is -2.08. The van der Waals surface area contributed by atoms with Crippen molar-refractivity contribution >= 4 is 28.4 Å². The maximum atomic E-state index is 6.04. The molecule has 0 fully saturated rings. The topological polar surface area (TPSA) is 43.8 Å². The molecular formula is C12H14IN3. The number of hydrogen-bond donors (Lipinski definition) is 1. The third-order valence-electron chi connectivity index (χ3n) is 2.60. The Balaban J connectivity index is 2.63. The molecular weight excluding hydrogens is 313 g/mol. The van der Waals surface area contributed by atoms with Crippen molar-refractivity contribution in [2.24, 2.45) is 0 Å². The lowest BCUT2D eigenvalue weighted by Crippen LogP contribution is -2.04. The van der Waals surface area contributed by atoms with Gasteiger partial charge in [0.1, 0.15) is 5.82 Å². The summed E-state index contributed by atoms with van der Waals surface area (Å²) in [6.07, 6.45) is 0. The molecule has 0 bridgehead atoms. The fraction of sp³-hybridized carbons (Fsp3) is 0.250. The Morgan fingerprint density at radius 1 is 1.25 bits per heavy atom. The number of nitrogens with two attached hydrogens (primary N) is 1. The second-order valence-corrected chi connectivity index (χ2v) is 5.07. The van der Waals surface area contributed by atoms with Crippen LogP contribution in [0.25, 0.3) is 5.69 Å². The average Bonchev–Trinajstić information content (AvgIpc) is 2.46. The second kappa shape index (κ2) is 4.08. The van der Waals surface area contributed by atoms with Gasteiger partial charge in [0.2, 0.25) is 0 Å². The maximum Gasteiger partial charge on any atom is 0.141 e. The van der Waals surface area contributed by atoms with E-state index in [1.165, 1.54) is 11.1 Å². The van der Waals surface area contributed by atoms with Gasteiger partial charge in [-0.05, 0) is 55.0 Å². The van der Waals surface area contributed by atoms with E-state index in [-0.39, 0.29) is 0 Å². The molecule has 2 N–H and O–H groups in total. The molecule has 0 aliphatic heterocycles. The van der Waals surface area contributed by atoms with Gasteiger partial charge in [-0.1, -0.05) is 17.7 Å². The van der Waals surface area contributed by atoms with Crippen molar-refractivity contribution in [1.29, 1.82) is 0 Å². The van der Waals surface area contributed by atoms with Crippen LogP contribution < -0.4 is 5.73 Å². The van der Waals surface area contributed by atoms with Gasteiger partial charge >= 0.3 is 0 Å². The molecule has 1 aromatic heterocycles. The van der Waals surface area contributed by atoms with Crippen molar-refractivity contribution in [2.75, 3.05) is 5.73 Å². The van der Waals surface area contributed by atoms with Crippen LogP contribution in [0.4, 0.5) is 5.82 Å². The van der Waals surface area contributed by atoms with Crippen LogP contribution in [-0.4, -0.2) is 9.78 Å². The van der Waals surface area contributed by atoms with Gasteiger partial charge in [0.05, 0.1) is 15.0 Å². The summed E-state index contributed by atoms with van der Waals surface area (Å²) >= 11 is 2.23. The molecule has 0 radical (unpaired) electrons. The summed E-state index contributed by atoms with van der Waals surface area (Å²) in [6.45, 7) is 6.13. The van der Waals surface area contributed by atoms with Gasteiger partial charge in [0, 0.05) is 0 Å². The molecule has 84 valence electrons. The summed E-state index contributed by atoms with van der Waals surface area (Å²) in [5, 5.41) is 4.45. The molecule has 0 aliphatic carbocycles. The zero-order valence-corrected chi connectivity index (χ0v) is 11.7. The van der Waals surface area contributed by atoms with E-state index in [9.17, 15) is 0 Å². The minimum absolute atomic E-state index is 0.713.